The van der Waals surface area contributed by atoms with E-state index in [1.54, 1.807) is 35.2 Å². The Balaban J connectivity index is 1.80. The van der Waals surface area contributed by atoms with Gasteiger partial charge in [0, 0.05) is 50.3 Å². The normalized spacial score (nSPS) is 15.3. The molecule has 5 rings (SSSR count). The maximum atomic E-state index is 12.9. The van der Waals surface area contributed by atoms with Crippen LogP contribution in [0.4, 0.5) is 0 Å². The van der Waals surface area contributed by atoms with Crippen molar-refractivity contribution in [3.8, 4) is 0 Å². The van der Waals surface area contributed by atoms with Crippen LogP contribution in [0.5, 0.6) is 0 Å². The Labute approximate surface area is 181 Å². The average molecular weight is 436 g/mol. The lowest BCUT2D eigenvalue weighted by Gasteiger charge is -2.09. The molecule has 0 saturated heterocycles. The van der Waals surface area contributed by atoms with E-state index in [0.29, 0.717) is 21.5 Å². The number of para-hydroxylation sites is 1. The summed E-state index contributed by atoms with van der Waals surface area (Å²) in [5.41, 5.74) is 3.28. The maximum Gasteiger partial charge on any atom is 0.259 e. The number of benzene rings is 2. The minimum atomic E-state index is -0.972. The van der Waals surface area contributed by atoms with Gasteiger partial charge in [-0.1, -0.05) is 29.8 Å². The highest BCUT2D eigenvalue weighted by atomic mass is 35.5. The summed E-state index contributed by atoms with van der Waals surface area (Å²) in [6.07, 6.45) is 2.46. The number of aliphatic hydroxyl groups excluding tert-OH is 2. The highest BCUT2D eigenvalue weighted by Crippen LogP contribution is 2.38. The van der Waals surface area contributed by atoms with Gasteiger partial charge in [-0.25, -0.2) is 0 Å². The Morgan fingerprint density at radius 3 is 2.52 bits per heavy atom. The molecule has 0 spiro atoms. The molecule has 31 heavy (non-hydrogen) atoms. The first-order valence-electron chi connectivity index (χ1n) is 9.72. The quantitative estimate of drug-likeness (QED) is 0.361. The van der Waals surface area contributed by atoms with Gasteiger partial charge in [0.25, 0.3) is 11.8 Å². The Hall–Kier alpha value is -3.39. The molecule has 2 aromatic carbocycles. The molecule has 156 valence electrons. The summed E-state index contributed by atoms with van der Waals surface area (Å²) in [5.74, 6) is -0.963. The number of hydrogen-bond acceptors (Lipinski definition) is 4. The third-order valence-corrected chi connectivity index (χ3v) is 5.76. The zero-order chi connectivity index (χ0) is 21.7. The van der Waals surface area contributed by atoms with Crippen molar-refractivity contribution in [1.82, 2.24) is 14.9 Å². The Morgan fingerprint density at radius 1 is 1.00 bits per heavy atom. The Bertz CT molecular complexity index is 1400. The van der Waals surface area contributed by atoms with E-state index >= 15 is 0 Å². The smallest absolute Gasteiger partial charge is 0.259 e. The first kappa shape index (κ1) is 19.6. The van der Waals surface area contributed by atoms with Crippen LogP contribution in [-0.4, -0.2) is 44.3 Å². The van der Waals surface area contributed by atoms with Crippen LogP contribution < -0.4 is 5.32 Å². The molecule has 3 heterocycles. The van der Waals surface area contributed by atoms with Gasteiger partial charge in [0.15, 0.2) is 0 Å². The van der Waals surface area contributed by atoms with E-state index in [9.17, 15) is 19.8 Å². The number of carbonyl (C=O) groups excluding carboxylic acids is 2. The zero-order valence-electron chi connectivity index (χ0n) is 16.2. The first-order chi connectivity index (χ1) is 15.0. The molecule has 0 bridgehead atoms. The second-order valence-electron chi connectivity index (χ2n) is 7.47. The fourth-order valence-electron chi connectivity index (χ4n) is 4.15. The van der Waals surface area contributed by atoms with Gasteiger partial charge in [-0.15, -0.1) is 0 Å². The molecule has 8 heteroatoms. The number of nitrogens with zero attached hydrogens (tertiary/aromatic N) is 1. The summed E-state index contributed by atoms with van der Waals surface area (Å²) in [5, 5.41) is 23.6. The molecule has 0 fully saturated rings. The monoisotopic (exact) mass is 435 g/mol. The number of nitrogens with one attached hydrogen (secondary N) is 2. The predicted molar refractivity (Wildman–Crippen MR) is 118 cm³/mol. The summed E-state index contributed by atoms with van der Waals surface area (Å²) in [6.45, 7) is -0.273. The predicted octanol–water partition coefficient (Wildman–Crippen LogP) is 2.70. The molecule has 0 radical (unpaired) electrons. The largest absolute Gasteiger partial charge is 0.394 e. The van der Waals surface area contributed by atoms with Gasteiger partial charge in [-0.2, -0.15) is 0 Å². The van der Waals surface area contributed by atoms with E-state index in [1.807, 2.05) is 24.3 Å². The maximum absolute atomic E-state index is 12.9. The van der Waals surface area contributed by atoms with Crippen molar-refractivity contribution >= 4 is 56.4 Å². The van der Waals surface area contributed by atoms with Crippen LogP contribution in [0.3, 0.4) is 0 Å². The number of rotatable bonds is 5. The van der Waals surface area contributed by atoms with E-state index < -0.39 is 24.5 Å². The minimum Gasteiger partial charge on any atom is -0.394 e. The van der Waals surface area contributed by atoms with E-state index in [2.05, 4.69) is 10.3 Å². The third kappa shape index (κ3) is 3.14. The van der Waals surface area contributed by atoms with Crippen molar-refractivity contribution in [2.24, 2.45) is 0 Å². The van der Waals surface area contributed by atoms with Crippen molar-refractivity contribution in [2.45, 2.75) is 12.6 Å². The number of imide groups is 1. The SMILES string of the molecule is O=C1NC(=O)C(c2cn(CC(O)CO)c3ccc(Cl)cc23)=C1c1c[nH]c2ccccc12. The van der Waals surface area contributed by atoms with Gasteiger partial charge in [0.2, 0.25) is 0 Å². The van der Waals surface area contributed by atoms with Gasteiger partial charge >= 0.3 is 0 Å². The molecule has 0 aliphatic carbocycles. The van der Waals surface area contributed by atoms with Crippen molar-refractivity contribution in [3.63, 3.8) is 0 Å². The molecule has 4 aromatic rings. The summed E-state index contributed by atoms with van der Waals surface area (Å²) in [6, 6.07) is 12.8. The number of hydrogen-bond donors (Lipinski definition) is 4. The van der Waals surface area contributed by atoms with Gasteiger partial charge in [0.1, 0.15) is 0 Å². The minimum absolute atomic E-state index is 0.125. The molecular formula is C23H18ClN3O4. The third-order valence-electron chi connectivity index (χ3n) is 5.52. The van der Waals surface area contributed by atoms with Crippen molar-refractivity contribution < 1.29 is 19.8 Å². The number of carbonyl (C=O) groups is 2. The van der Waals surface area contributed by atoms with Crippen molar-refractivity contribution in [1.29, 1.82) is 0 Å². The van der Waals surface area contributed by atoms with Gasteiger partial charge < -0.3 is 19.8 Å². The molecular weight excluding hydrogens is 418 g/mol. The molecule has 4 N–H and O–H groups in total. The van der Waals surface area contributed by atoms with E-state index in [4.69, 9.17) is 11.6 Å². The number of H-pyrrole nitrogens is 1. The summed E-state index contributed by atoms with van der Waals surface area (Å²) in [7, 11) is 0. The number of fused-ring (bicyclic) bond motifs is 2. The summed E-state index contributed by atoms with van der Waals surface area (Å²) >= 11 is 6.23. The van der Waals surface area contributed by atoms with E-state index in [0.717, 1.165) is 16.4 Å². The molecule has 1 unspecified atom stereocenters. The number of aromatic amines is 1. The highest BCUT2D eigenvalue weighted by Gasteiger charge is 2.35. The number of aliphatic hydroxyl groups is 2. The van der Waals surface area contributed by atoms with Crippen LogP contribution in [0.2, 0.25) is 5.02 Å². The number of halogens is 1. The van der Waals surface area contributed by atoms with Crippen LogP contribution in [0, 0.1) is 0 Å². The van der Waals surface area contributed by atoms with E-state index in [-0.39, 0.29) is 17.7 Å². The van der Waals surface area contributed by atoms with Gasteiger partial charge in [0.05, 0.1) is 30.4 Å². The zero-order valence-corrected chi connectivity index (χ0v) is 17.0. The second kappa shape index (κ2) is 7.39. The lowest BCUT2D eigenvalue weighted by atomic mass is 9.95. The average Bonchev–Trinajstić information content (AvgIpc) is 3.41. The van der Waals surface area contributed by atoms with Gasteiger partial charge in [-0.05, 0) is 24.3 Å². The molecule has 0 saturated carbocycles. The van der Waals surface area contributed by atoms with Crippen LogP contribution in [0.15, 0.2) is 54.9 Å². The van der Waals surface area contributed by atoms with Gasteiger partial charge in [-0.3, -0.25) is 14.9 Å². The fourth-order valence-corrected chi connectivity index (χ4v) is 4.32. The van der Waals surface area contributed by atoms with Crippen LogP contribution in [0.25, 0.3) is 33.0 Å². The molecule has 1 aliphatic rings. The molecule has 2 aromatic heterocycles. The van der Waals surface area contributed by atoms with Crippen molar-refractivity contribution in [2.75, 3.05) is 6.61 Å². The summed E-state index contributed by atoms with van der Waals surface area (Å²) < 4.78 is 1.75. The first-order valence-corrected chi connectivity index (χ1v) is 10.1. The molecule has 2 amide bonds. The second-order valence-corrected chi connectivity index (χ2v) is 7.91. The van der Waals surface area contributed by atoms with Crippen LogP contribution in [-0.2, 0) is 16.1 Å². The Kier molecular flexibility index (Phi) is 4.66. The van der Waals surface area contributed by atoms with Crippen LogP contribution in [0.1, 0.15) is 11.1 Å². The lowest BCUT2D eigenvalue weighted by Crippen LogP contribution is -2.22. The standard InChI is InChI=1S/C23H18ClN3O4/c24-12-5-6-19-15(7-12)17(10-27(19)9-13(29)11-28)21-20(22(30)26-23(21)31)16-8-25-18-4-2-1-3-14(16)18/h1-8,10,13,25,28-29H,9,11H2,(H,26,30,31). The molecule has 1 atom stereocenters. The summed E-state index contributed by atoms with van der Waals surface area (Å²) in [4.78, 5) is 28.9. The number of aromatic nitrogens is 2. The molecule has 7 nitrogen and oxygen atoms in total. The fraction of sp³-hybridized carbons (Fsp3) is 0.130. The highest BCUT2D eigenvalue weighted by molar-refractivity contribution is 6.50. The van der Waals surface area contributed by atoms with Crippen molar-refractivity contribution in [3.05, 3.63) is 71.0 Å². The topological polar surface area (TPSA) is 107 Å². The van der Waals surface area contributed by atoms with Crippen LogP contribution >= 0.6 is 11.6 Å². The van der Waals surface area contributed by atoms with E-state index in [1.165, 1.54) is 0 Å². The lowest BCUT2D eigenvalue weighted by molar-refractivity contribution is -0.122. The molecule has 1 aliphatic heterocycles. The Morgan fingerprint density at radius 2 is 1.74 bits per heavy atom. The number of amides is 2.